The topological polar surface area (TPSA) is 82.5 Å². The molecule has 2 fully saturated rings. The highest BCUT2D eigenvalue weighted by atomic mass is 16.3. The van der Waals surface area contributed by atoms with Crippen molar-refractivity contribution in [2.75, 3.05) is 24.6 Å². The highest BCUT2D eigenvalue weighted by Crippen LogP contribution is 2.33. The average Bonchev–Trinajstić information content (AvgIpc) is 2.40. The number of amides is 2. The van der Waals surface area contributed by atoms with Crippen molar-refractivity contribution < 1.29 is 14.7 Å². The molecule has 2 amide bonds. The van der Waals surface area contributed by atoms with Gasteiger partial charge in [0.15, 0.2) is 0 Å². The maximum atomic E-state index is 12.0. The van der Waals surface area contributed by atoms with E-state index in [1.807, 2.05) is 19.9 Å². The number of hydrogen-bond acceptors (Lipinski definition) is 5. The maximum absolute atomic E-state index is 12.0. The summed E-state index contributed by atoms with van der Waals surface area (Å²) in [7, 11) is 0. The number of aromatic nitrogens is 1. The fourth-order valence-corrected chi connectivity index (χ4v) is 3.35. The van der Waals surface area contributed by atoms with Crippen molar-refractivity contribution in [3.8, 4) is 0 Å². The van der Waals surface area contributed by atoms with Gasteiger partial charge in [0.2, 0.25) is 11.8 Å². The fraction of sp³-hybridized carbons (Fsp3) is 0.562. The number of rotatable bonds is 3. The standard InChI is InChI=1S/C16H21N3O3/c1-9-5-13(12-3-4-14(21)18-16(12)22)17-10(2)15(9)19-6-11(7-19)8-20/h5,11-12,20H,3-4,6-8H2,1-2H3,(H,18,21,22). The van der Waals surface area contributed by atoms with Gasteiger partial charge in [0.05, 0.1) is 23.0 Å². The van der Waals surface area contributed by atoms with Gasteiger partial charge in [-0.15, -0.1) is 0 Å². The Labute approximate surface area is 129 Å². The molecule has 0 aliphatic carbocycles. The van der Waals surface area contributed by atoms with Gasteiger partial charge in [0.25, 0.3) is 0 Å². The number of hydrogen-bond donors (Lipinski definition) is 2. The minimum absolute atomic E-state index is 0.207. The average molecular weight is 303 g/mol. The third-order valence-electron chi connectivity index (χ3n) is 4.51. The Bertz CT molecular complexity index is 600. The molecule has 22 heavy (non-hydrogen) atoms. The van der Waals surface area contributed by atoms with Crippen LogP contribution in [0.15, 0.2) is 6.07 Å². The number of anilines is 1. The zero-order chi connectivity index (χ0) is 15.9. The van der Waals surface area contributed by atoms with Crippen LogP contribution in [0.1, 0.15) is 35.7 Å². The largest absolute Gasteiger partial charge is 0.396 e. The highest BCUT2D eigenvalue weighted by Gasteiger charge is 2.32. The number of nitrogens with zero attached hydrogens (tertiary/aromatic N) is 2. The quantitative estimate of drug-likeness (QED) is 0.801. The van der Waals surface area contributed by atoms with Gasteiger partial charge in [-0.1, -0.05) is 0 Å². The van der Waals surface area contributed by atoms with E-state index in [0.717, 1.165) is 35.7 Å². The van der Waals surface area contributed by atoms with Gasteiger partial charge in [0.1, 0.15) is 0 Å². The second-order valence-electron chi connectivity index (χ2n) is 6.26. The Morgan fingerprint density at radius 2 is 2.09 bits per heavy atom. The zero-order valence-electron chi connectivity index (χ0n) is 12.9. The Morgan fingerprint density at radius 1 is 1.36 bits per heavy atom. The molecule has 2 aliphatic rings. The molecule has 3 rings (SSSR count). The maximum Gasteiger partial charge on any atom is 0.235 e. The van der Waals surface area contributed by atoms with Crippen LogP contribution >= 0.6 is 0 Å². The molecule has 1 unspecified atom stereocenters. The Kier molecular flexibility index (Phi) is 3.87. The monoisotopic (exact) mass is 303 g/mol. The molecule has 2 N–H and O–H groups in total. The molecule has 0 saturated carbocycles. The van der Waals surface area contributed by atoms with E-state index in [1.54, 1.807) is 0 Å². The number of carbonyl (C=O) groups is 2. The van der Waals surface area contributed by atoms with E-state index >= 15 is 0 Å². The lowest BCUT2D eigenvalue weighted by Gasteiger charge is -2.41. The van der Waals surface area contributed by atoms with Crippen LogP contribution in [-0.2, 0) is 9.59 Å². The van der Waals surface area contributed by atoms with Crippen LogP contribution in [0, 0.1) is 19.8 Å². The van der Waals surface area contributed by atoms with Crippen LogP contribution in [-0.4, -0.2) is 41.6 Å². The predicted molar refractivity (Wildman–Crippen MR) is 81.6 cm³/mol. The first kappa shape index (κ1) is 15.0. The highest BCUT2D eigenvalue weighted by molar-refractivity contribution is 6.00. The molecule has 1 atom stereocenters. The smallest absolute Gasteiger partial charge is 0.235 e. The molecule has 0 radical (unpaired) electrons. The van der Waals surface area contributed by atoms with Gasteiger partial charge in [-0.05, 0) is 31.9 Å². The van der Waals surface area contributed by atoms with Crippen molar-refractivity contribution in [2.45, 2.75) is 32.6 Å². The molecular formula is C16H21N3O3. The summed E-state index contributed by atoms with van der Waals surface area (Å²) in [5.74, 6) is -0.458. The minimum Gasteiger partial charge on any atom is -0.396 e. The number of aryl methyl sites for hydroxylation is 2. The van der Waals surface area contributed by atoms with E-state index in [4.69, 9.17) is 5.11 Å². The SMILES string of the molecule is Cc1cc(C2CCC(=O)NC2=O)nc(C)c1N1CC(CO)C1. The normalized spacial score (nSPS) is 22.5. The molecule has 118 valence electrons. The summed E-state index contributed by atoms with van der Waals surface area (Å²) in [6, 6.07) is 1.95. The lowest BCUT2D eigenvalue weighted by atomic mass is 9.92. The van der Waals surface area contributed by atoms with Crippen LogP contribution in [0.5, 0.6) is 0 Å². The number of aliphatic hydroxyl groups is 1. The van der Waals surface area contributed by atoms with Crippen molar-refractivity contribution in [1.29, 1.82) is 0 Å². The molecule has 2 saturated heterocycles. The number of piperidine rings is 1. The zero-order valence-corrected chi connectivity index (χ0v) is 12.9. The van der Waals surface area contributed by atoms with E-state index in [2.05, 4.69) is 15.2 Å². The predicted octanol–water partition coefficient (Wildman–Crippen LogP) is 0.647. The van der Waals surface area contributed by atoms with Crippen LogP contribution < -0.4 is 10.2 Å². The fourth-order valence-electron chi connectivity index (χ4n) is 3.35. The molecule has 0 aromatic carbocycles. The summed E-state index contributed by atoms with van der Waals surface area (Å²) in [5.41, 5.74) is 3.82. The molecule has 1 aromatic rings. The first-order chi connectivity index (χ1) is 10.5. The Morgan fingerprint density at radius 3 is 2.68 bits per heavy atom. The summed E-state index contributed by atoms with van der Waals surface area (Å²) in [4.78, 5) is 30.1. The number of imide groups is 1. The molecule has 0 bridgehead atoms. The van der Waals surface area contributed by atoms with Gasteiger partial charge in [-0.2, -0.15) is 0 Å². The van der Waals surface area contributed by atoms with Crippen molar-refractivity contribution in [1.82, 2.24) is 10.3 Å². The van der Waals surface area contributed by atoms with Crippen molar-refractivity contribution in [3.63, 3.8) is 0 Å². The number of nitrogens with one attached hydrogen (secondary N) is 1. The number of aliphatic hydroxyl groups excluding tert-OH is 1. The van der Waals surface area contributed by atoms with E-state index in [9.17, 15) is 9.59 Å². The summed E-state index contributed by atoms with van der Waals surface area (Å²) < 4.78 is 0. The van der Waals surface area contributed by atoms with Gasteiger partial charge in [-0.25, -0.2) is 0 Å². The minimum atomic E-state index is -0.342. The van der Waals surface area contributed by atoms with Crippen molar-refractivity contribution >= 4 is 17.5 Å². The number of carbonyl (C=O) groups excluding carboxylic acids is 2. The lowest BCUT2D eigenvalue weighted by Crippen LogP contribution is -2.49. The molecule has 6 heteroatoms. The number of pyridine rings is 1. The second kappa shape index (κ2) is 5.68. The van der Waals surface area contributed by atoms with Gasteiger partial charge >= 0.3 is 0 Å². The summed E-state index contributed by atoms with van der Waals surface area (Å²) in [5, 5.41) is 11.5. The summed E-state index contributed by atoms with van der Waals surface area (Å²) in [6.45, 7) is 5.88. The Balaban J connectivity index is 1.83. The molecule has 3 heterocycles. The van der Waals surface area contributed by atoms with Crippen LogP contribution in [0.4, 0.5) is 5.69 Å². The summed E-state index contributed by atoms with van der Waals surface area (Å²) >= 11 is 0. The van der Waals surface area contributed by atoms with Gasteiger partial charge < -0.3 is 10.0 Å². The van der Waals surface area contributed by atoms with Crippen molar-refractivity contribution in [3.05, 3.63) is 23.0 Å². The van der Waals surface area contributed by atoms with E-state index in [-0.39, 0.29) is 24.3 Å². The van der Waals surface area contributed by atoms with E-state index in [1.165, 1.54) is 0 Å². The van der Waals surface area contributed by atoms with Gasteiger partial charge in [-0.3, -0.25) is 19.9 Å². The first-order valence-corrected chi connectivity index (χ1v) is 7.67. The molecule has 6 nitrogen and oxygen atoms in total. The molecule has 2 aliphatic heterocycles. The van der Waals surface area contributed by atoms with Crippen LogP contribution in [0.25, 0.3) is 0 Å². The van der Waals surface area contributed by atoms with Crippen LogP contribution in [0.2, 0.25) is 0 Å². The third-order valence-corrected chi connectivity index (χ3v) is 4.51. The molecule has 0 spiro atoms. The van der Waals surface area contributed by atoms with Crippen molar-refractivity contribution in [2.24, 2.45) is 5.92 Å². The van der Waals surface area contributed by atoms with Gasteiger partial charge in [0, 0.05) is 32.0 Å². The lowest BCUT2D eigenvalue weighted by molar-refractivity contribution is -0.134. The van der Waals surface area contributed by atoms with E-state index < -0.39 is 0 Å². The Hall–Kier alpha value is -1.95. The van der Waals surface area contributed by atoms with Crippen LogP contribution in [0.3, 0.4) is 0 Å². The first-order valence-electron chi connectivity index (χ1n) is 7.67. The molecular weight excluding hydrogens is 282 g/mol. The summed E-state index contributed by atoms with van der Waals surface area (Å²) in [6.07, 6.45) is 0.883. The second-order valence-corrected chi connectivity index (χ2v) is 6.26. The van der Waals surface area contributed by atoms with E-state index in [0.29, 0.717) is 18.8 Å². The third kappa shape index (κ3) is 2.59. The molecule has 1 aromatic heterocycles.